The van der Waals surface area contributed by atoms with Gasteiger partial charge in [-0.15, -0.1) is 0 Å². The Bertz CT molecular complexity index is 338. The first-order chi connectivity index (χ1) is 8.33. The molecule has 1 atom stereocenters. The van der Waals surface area contributed by atoms with Crippen LogP contribution in [0.2, 0.25) is 0 Å². The number of nitrogens with zero attached hydrogens (tertiary/aromatic N) is 2. The Kier molecular flexibility index (Phi) is 4.88. The largest absolute Gasteiger partial charge is 0.383 e. The van der Waals surface area contributed by atoms with Gasteiger partial charge in [-0.2, -0.15) is 4.37 Å². The summed E-state index contributed by atoms with van der Waals surface area (Å²) < 4.78 is 9.67. The molecule has 1 fully saturated rings. The summed E-state index contributed by atoms with van der Waals surface area (Å²) in [6.07, 6.45) is 4.61. The molecule has 2 rings (SSSR count). The molecule has 0 bridgehead atoms. The minimum absolute atomic E-state index is 0.361. The van der Waals surface area contributed by atoms with Crippen molar-refractivity contribution < 1.29 is 4.74 Å². The van der Waals surface area contributed by atoms with Crippen LogP contribution in [0.15, 0.2) is 0 Å². The molecule has 0 spiro atoms. The van der Waals surface area contributed by atoms with E-state index in [0.717, 1.165) is 36.8 Å². The minimum Gasteiger partial charge on any atom is -0.383 e. The number of hydrogen-bond donors (Lipinski definition) is 1. The fourth-order valence-corrected chi connectivity index (χ4v) is 2.61. The predicted octanol–water partition coefficient (Wildman–Crippen LogP) is 1.97. The van der Waals surface area contributed by atoms with Crippen LogP contribution in [-0.4, -0.2) is 35.7 Å². The molecular weight excluding hydrogens is 234 g/mol. The average molecular weight is 255 g/mol. The van der Waals surface area contributed by atoms with Crippen molar-refractivity contribution in [3.8, 4) is 0 Å². The Morgan fingerprint density at radius 3 is 3.00 bits per heavy atom. The molecule has 1 aliphatic carbocycles. The van der Waals surface area contributed by atoms with Crippen LogP contribution in [0.1, 0.15) is 42.9 Å². The highest BCUT2D eigenvalue weighted by Gasteiger charge is 2.28. The lowest BCUT2D eigenvalue weighted by Gasteiger charge is -2.15. The fourth-order valence-electron chi connectivity index (χ4n) is 1.81. The zero-order valence-electron chi connectivity index (χ0n) is 10.6. The van der Waals surface area contributed by atoms with Crippen LogP contribution < -0.4 is 5.32 Å². The zero-order chi connectivity index (χ0) is 12.1. The number of aromatic nitrogens is 2. The standard InChI is InChI=1S/C12H21N3OS/c1-3-6-13-10(8-16-2)7-11-14-12(15-17-11)9-4-5-9/h9-10,13H,3-8H2,1-2H3. The number of ether oxygens (including phenoxy) is 1. The lowest BCUT2D eigenvalue weighted by molar-refractivity contribution is 0.166. The van der Waals surface area contributed by atoms with Gasteiger partial charge in [0.2, 0.25) is 0 Å². The van der Waals surface area contributed by atoms with E-state index in [4.69, 9.17) is 4.74 Å². The van der Waals surface area contributed by atoms with Crippen molar-refractivity contribution >= 4 is 11.5 Å². The van der Waals surface area contributed by atoms with Crippen LogP contribution in [0.5, 0.6) is 0 Å². The Labute approximate surface area is 107 Å². The monoisotopic (exact) mass is 255 g/mol. The van der Waals surface area contributed by atoms with Gasteiger partial charge in [0.15, 0.2) is 0 Å². The van der Waals surface area contributed by atoms with Crippen molar-refractivity contribution in [3.05, 3.63) is 10.8 Å². The first-order valence-electron chi connectivity index (χ1n) is 6.38. The predicted molar refractivity (Wildman–Crippen MR) is 69.5 cm³/mol. The summed E-state index contributed by atoms with van der Waals surface area (Å²) >= 11 is 1.55. The summed E-state index contributed by atoms with van der Waals surface area (Å²) in [7, 11) is 1.75. The molecule has 96 valence electrons. The first-order valence-corrected chi connectivity index (χ1v) is 7.15. The van der Waals surface area contributed by atoms with Gasteiger partial charge in [0.1, 0.15) is 10.8 Å². The van der Waals surface area contributed by atoms with Gasteiger partial charge in [-0.3, -0.25) is 0 Å². The minimum atomic E-state index is 0.361. The lowest BCUT2D eigenvalue weighted by atomic mass is 10.2. The molecule has 17 heavy (non-hydrogen) atoms. The maximum atomic E-state index is 5.23. The molecule has 0 aliphatic heterocycles. The Hall–Kier alpha value is -0.520. The molecule has 4 nitrogen and oxygen atoms in total. The van der Waals surface area contributed by atoms with Gasteiger partial charge in [0.05, 0.1) is 6.61 Å². The maximum Gasteiger partial charge on any atom is 0.145 e. The maximum absolute atomic E-state index is 5.23. The average Bonchev–Trinajstić information content (AvgIpc) is 3.08. The van der Waals surface area contributed by atoms with E-state index in [9.17, 15) is 0 Å². The van der Waals surface area contributed by atoms with E-state index >= 15 is 0 Å². The van der Waals surface area contributed by atoms with Crippen LogP contribution in [0.25, 0.3) is 0 Å². The van der Waals surface area contributed by atoms with Gasteiger partial charge in [-0.05, 0) is 37.3 Å². The molecule has 1 N–H and O–H groups in total. The van der Waals surface area contributed by atoms with E-state index < -0.39 is 0 Å². The molecule has 1 heterocycles. The third kappa shape index (κ3) is 4.01. The van der Waals surface area contributed by atoms with E-state index in [1.165, 1.54) is 12.8 Å². The van der Waals surface area contributed by atoms with E-state index in [1.807, 2.05) is 0 Å². The molecule has 0 aromatic carbocycles. The molecular formula is C12H21N3OS. The molecule has 5 heteroatoms. The summed E-state index contributed by atoms with van der Waals surface area (Å²) in [5.74, 6) is 1.72. The summed E-state index contributed by atoms with van der Waals surface area (Å²) in [5.41, 5.74) is 0. The summed E-state index contributed by atoms with van der Waals surface area (Å²) in [6.45, 7) is 3.94. The molecule has 1 unspecified atom stereocenters. The Balaban J connectivity index is 1.85. The third-order valence-electron chi connectivity index (χ3n) is 2.90. The summed E-state index contributed by atoms with van der Waals surface area (Å²) in [5, 5.41) is 4.62. The van der Waals surface area contributed by atoms with E-state index in [-0.39, 0.29) is 0 Å². The second-order valence-electron chi connectivity index (χ2n) is 4.63. The number of methoxy groups -OCH3 is 1. The highest BCUT2D eigenvalue weighted by molar-refractivity contribution is 7.05. The van der Waals surface area contributed by atoms with E-state index in [2.05, 4.69) is 21.6 Å². The normalized spacial score (nSPS) is 17.3. The fraction of sp³-hybridized carbons (Fsp3) is 0.833. The van der Waals surface area contributed by atoms with Gasteiger partial charge < -0.3 is 10.1 Å². The van der Waals surface area contributed by atoms with Crippen LogP contribution in [0.4, 0.5) is 0 Å². The lowest BCUT2D eigenvalue weighted by Crippen LogP contribution is -2.35. The van der Waals surface area contributed by atoms with Crippen LogP contribution in [-0.2, 0) is 11.2 Å². The number of rotatable bonds is 8. The molecule has 0 radical (unpaired) electrons. The summed E-state index contributed by atoms with van der Waals surface area (Å²) in [6, 6.07) is 0.361. The molecule has 1 aromatic heterocycles. The van der Waals surface area contributed by atoms with Crippen molar-refractivity contribution in [2.24, 2.45) is 0 Å². The van der Waals surface area contributed by atoms with Gasteiger partial charge in [-0.1, -0.05) is 6.92 Å². The summed E-state index contributed by atoms with van der Waals surface area (Å²) in [4.78, 5) is 4.61. The molecule has 1 saturated carbocycles. The third-order valence-corrected chi connectivity index (χ3v) is 3.65. The Morgan fingerprint density at radius 2 is 2.35 bits per heavy atom. The quantitative estimate of drug-likeness (QED) is 0.771. The van der Waals surface area contributed by atoms with E-state index in [0.29, 0.717) is 12.0 Å². The molecule has 0 saturated heterocycles. The number of nitrogens with one attached hydrogen (secondary N) is 1. The second-order valence-corrected chi connectivity index (χ2v) is 5.47. The topological polar surface area (TPSA) is 47.0 Å². The highest BCUT2D eigenvalue weighted by Crippen LogP contribution is 2.38. The second kappa shape index (κ2) is 6.42. The van der Waals surface area contributed by atoms with Crippen LogP contribution in [0.3, 0.4) is 0 Å². The molecule has 1 aromatic rings. The van der Waals surface area contributed by atoms with Crippen molar-refractivity contribution in [2.45, 2.75) is 44.6 Å². The van der Waals surface area contributed by atoms with Gasteiger partial charge >= 0.3 is 0 Å². The zero-order valence-corrected chi connectivity index (χ0v) is 11.4. The first kappa shape index (κ1) is 12.9. The SMILES string of the molecule is CCCNC(COC)Cc1nc(C2CC2)ns1. The Morgan fingerprint density at radius 1 is 1.53 bits per heavy atom. The van der Waals surface area contributed by atoms with Gasteiger partial charge in [0, 0.05) is 25.5 Å². The van der Waals surface area contributed by atoms with Crippen molar-refractivity contribution in [1.82, 2.24) is 14.7 Å². The van der Waals surface area contributed by atoms with Gasteiger partial charge in [0.25, 0.3) is 0 Å². The van der Waals surface area contributed by atoms with Gasteiger partial charge in [-0.25, -0.2) is 4.98 Å². The molecule has 1 aliphatic rings. The van der Waals surface area contributed by atoms with Crippen LogP contribution >= 0.6 is 11.5 Å². The molecule has 0 amide bonds. The number of hydrogen-bond acceptors (Lipinski definition) is 5. The van der Waals surface area contributed by atoms with Crippen LogP contribution in [0, 0.1) is 0 Å². The van der Waals surface area contributed by atoms with Crippen molar-refractivity contribution in [2.75, 3.05) is 20.3 Å². The van der Waals surface area contributed by atoms with Crippen molar-refractivity contribution in [3.63, 3.8) is 0 Å². The van der Waals surface area contributed by atoms with Crippen molar-refractivity contribution in [1.29, 1.82) is 0 Å². The highest BCUT2D eigenvalue weighted by atomic mass is 32.1. The smallest absolute Gasteiger partial charge is 0.145 e. The van der Waals surface area contributed by atoms with E-state index in [1.54, 1.807) is 18.6 Å².